The first-order chi connectivity index (χ1) is 9.47. The van der Waals surface area contributed by atoms with Crippen LogP contribution in [0.2, 0.25) is 5.02 Å². The summed E-state index contributed by atoms with van der Waals surface area (Å²) in [7, 11) is 0. The minimum atomic E-state index is -0.576. The smallest absolute Gasteiger partial charge is 0.138 e. The van der Waals surface area contributed by atoms with Gasteiger partial charge in [0.2, 0.25) is 0 Å². The predicted molar refractivity (Wildman–Crippen MR) is 80.5 cm³/mol. The Hall–Kier alpha value is -1.10. The molecular weight excluding hydrogens is 347 g/mol. The van der Waals surface area contributed by atoms with Crippen LogP contribution in [0.15, 0.2) is 40.9 Å². The minimum Gasteiger partial charge on any atom is -0.487 e. The van der Waals surface area contributed by atoms with Gasteiger partial charge in [-0.25, -0.2) is 4.39 Å². The number of hydrogen-bond donors (Lipinski definition) is 1. The molecule has 2 nitrogen and oxygen atoms in total. The van der Waals surface area contributed by atoms with Gasteiger partial charge in [-0.3, -0.25) is 0 Å². The van der Waals surface area contributed by atoms with Gasteiger partial charge in [-0.2, -0.15) is 0 Å². The van der Waals surface area contributed by atoms with E-state index in [1.165, 1.54) is 12.1 Å². The summed E-state index contributed by atoms with van der Waals surface area (Å²) >= 11 is 9.38. The summed E-state index contributed by atoms with van der Waals surface area (Å²) < 4.78 is 19.2. The van der Waals surface area contributed by atoms with E-state index in [4.69, 9.17) is 16.3 Å². The van der Waals surface area contributed by atoms with Gasteiger partial charge in [0.25, 0.3) is 0 Å². The molecule has 0 unspecified atom stereocenters. The zero-order chi connectivity index (χ0) is 14.7. The van der Waals surface area contributed by atoms with E-state index in [2.05, 4.69) is 15.9 Å². The van der Waals surface area contributed by atoms with Crippen LogP contribution in [-0.2, 0) is 6.61 Å². The van der Waals surface area contributed by atoms with E-state index in [0.717, 1.165) is 11.1 Å². The zero-order valence-corrected chi connectivity index (χ0v) is 13.1. The van der Waals surface area contributed by atoms with Gasteiger partial charge in [0.15, 0.2) is 0 Å². The molecule has 1 N–H and O–H groups in total. The molecule has 1 atom stereocenters. The zero-order valence-electron chi connectivity index (χ0n) is 10.7. The van der Waals surface area contributed by atoms with Crippen LogP contribution >= 0.6 is 27.5 Å². The Morgan fingerprint density at radius 2 is 2.05 bits per heavy atom. The first-order valence-electron chi connectivity index (χ1n) is 6.01. The average molecular weight is 360 g/mol. The molecule has 0 saturated carbocycles. The standard InChI is InChI=1S/C15H13BrClFO2/c1-9(19)10-3-5-15(14(17)6-10)20-8-11-2-4-12(18)7-13(11)16/h2-7,9,19H,8H2,1H3/t9-/m0/s1. The Kier molecular flexibility index (Phi) is 5.02. The van der Waals surface area contributed by atoms with E-state index < -0.39 is 6.10 Å². The van der Waals surface area contributed by atoms with Crippen molar-refractivity contribution in [3.8, 4) is 5.75 Å². The van der Waals surface area contributed by atoms with Crippen molar-refractivity contribution >= 4 is 27.5 Å². The van der Waals surface area contributed by atoms with Crippen molar-refractivity contribution in [1.29, 1.82) is 0 Å². The van der Waals surface area contributed by atoms with E-state index in [1.807, 2.05) is 0 Å². The molecule has 0 heterocycles. The molecule has 0 fully saturated rings. The lowest BCUT2D eigenvalue weighted by atomic mass is 10.1. The van der Waals surface area contributed by atoms with Crippen LogP contribution in [0.5, 0.6) is 5.75 Å². The molecule has 0 saturated heterocycles. The summed E-state index contributed by atoms with van der Waals surface area (Å²) in [6.45, 7) is 1.94. The lowest BCUT2D eigenvalue weighted by Crippen LogP contribution is -1.98. The number of ether oxygens (including phenoxy) is 1. The fraction of sp³-hybridized carbons (Fsp3) is 0.200. The molecule has 0 bridgehead atoms. The highest BCUT2D eigenvalue weighted by Crippen LogP contribution is 2.29. The van der Waals surface area contributed by atoms with Crippen molar-refractivity contribution in [2.75, 3.05) is 0 Å². The number of benzene rings is 2. The molecular formula is C15H13BrClFO2. The maximum atomic E-state index is 13.0. The van der Waals surface area contributed by atoms with E-state index in [0.29, 0.717) is 15.2 Å². The van der Waals surface area contributed by atoms with Gasteiger partial charge >= 0.3 is 0 Å². The van der Waals surface area contributed by atoms with Crippen molar-refractivity contribution in [3.05, 3.63) is 62.8 Å². The number of aliphatic hydroxyl groups is 1. The normalized spacial score (nSPS) is 12.2. The van der Waals surface area contributed by atoms with Crippen LogP contribution in [0.1, 0.15) is 24.2 Å². The topological polar surface area (TPSA) is 29.5 Å². The second kappa shape index (κ2) is 6.57. The SMILES string of the molecule is C[C@H](O)c1ccc(OCc2ccc(F)cc2Br)c(Cl)c1. The van der Waals surface area contributed by atoms with Crippen LogP contribution in [-0.4, -0.2) is 5.11 Å². The maximum absolute atomic E-state index is 13.0. The van der Waals surface area contributed by atoms with Crippen molar-refractivity contribution in [2.45, 2.75) is 19.6 Å². The van der Waals surface area contributed by atoms with Gasteiger partial charge in [-0.1, -0.05) is 39.7 Å². The lowest BCUT2D eigenvalue weighted by molar-refractivity contribution is 0.199. The monoisotopic (exact) mass is 358 g/mol. The molecule has 2 rings (SSSR count). The van der Waals surface area contributed by atoms with E-state index in [1.54, 1.807) is 31.2 Å². The maximum Gasteiger partial charge on any atom is 0.138 e. The third-order valence-corrected chi connectivity index (χ3v) is 3.87. The second-order valence-corrected chi connectivity index (χ2v) is 5.65. The molecule has 2 aromatic carbocycles. The minimum absolute atomic E-state index is 0.272. The van der Waals surface area contributed by atoms with Crippen molar-refractivity contribution < 1.29 is 14.2 Å². The lowest BCUT2D eigenvalue weighted by Gasteiger charge is -2.11. The third-order valence-electron chi connectivity index (χ3n) is 2.84. The quantitative estimate of drug-likeness (QED) is 0.843. The van der Waals surface area contributed by atoms with Gasteiger partial charge in [0.05, 0.1) is 11.1 Å². The van der Waals surface area contributed by atoms with Crippen LogP contribution in [0, 0.1) is 5.82 Å². The number of rotatable bonds is 4. The summed E-state index contributed by atoms with van der Waals surface area (Å²) in [6.07, 6.45) is -0.576. The van der Waals surface area contributed by atoms with Gasteiger partial charge in [-0.05, 0) is 36.8 Å². The molecule has 106 valence electrons. The highest BCUT2D eigenvalue weighted by molar-refractivity contribution is 9.10. The second-order valence-electron chi connectivity index (χ2n) is 4.39. The molecule has 0 spiro atoms. The fourth-order valence-electron chi connectivity index (χ4n) is 1.69. The Morgan fingerprint density at radius 3 is 2.65 bits per heavy atom. The number of halogens is 3. The molecule has 0 aliphatic carbocycles. The largest absolute Gasteiger partial charge is 0.487 e. The highest BCUT2D eigenvalue weighted by Gasteiger charge is 2.08. The van der Waals surface area contributed by atoms with Crippen LogP contribution in [0.3, 0.4) is 0 Å². The van der Waals surface area contributed by atoms with Gasteiger partial charge in [0.1, 0.15) is 18.2 Å². The molecule has 2 aromatic rings. The summed E-state index contributed by atoms with van der Waals surface area (Å²) in [4.78, 5) is 0. The average Bonchev–Trinajstić information content (AvgIpc) is 2.38. The summed E-state index contributed by atoms with van der Waals surface area (Å²) in [5.74, 6) is 0.215. The van der Waals surface area contributed by atoms with Crippen LogP contribution in [0.4, 0.5) is 4.39 Å². The van der Waals surface area contributed by atoms with Crippen LogP contribution in [0.25, 0.3) is 0 Å². The van der Waals surface area contributed by atoms with E-state index >= 15 is 0 Å². The van der Waals surface area contributed by atoms with E-state index in [9.17, 15) is 9.50 Å². The van der Waals surface area contributed by atoms with Crippen molar-refractivity contribution in [3.63, 3.8) is 0 Å². The van der Waals surface area contributed by atoms with Crippen molar-refractivity contribution in [2.24, 2.45) is 0 Å². The molecule has 0 amide bonds. The molecule has 5 heteroatoms. The van der Waals surface area contributed by atoms with Gasteiger partial charge in [-0.15, -0.1) is 0 Å². The van der Waals surface area contributed by atoms with E-state index in [-0.39, 0.29) is 12.4 Å². The first-order valence-corrected chi connectivity index (χ1v) is 7.18. The summed E-state index contributed by atoms with van der Waals surface area (Å²) in [5, 5.41) is 9.90. The van der Waals surface area contributed by atoms with Gasteiger partial charge < -0.3 is 9.84 Å². The Balaban J connectivity index is 2.11. The number of hydrogen-bond acceptors (Lipinski definition) is 2. The molecule has 0 aromatic heterocycles. The molecule has 0 radical (unpaired) electrons. The summed E-state index contributed by atoms with van der Waals surface area (Å²) in [6, 6.07) is 9.55. The molecule has 0 aliphatic heterocycles. The molecule has 20 heavy (non-hydrogen) atoms. The fourth-order valence-corrected chi connectivity index (χ4v) is 2.40. The Bertz CT molecular complexity index is 617. The molecule has 0 aliphatic rings. The van der Waals surface area contributed by atoms with Crippen molar-refractivity contribution in [1.82, 2.24) is 0 Å². The summed E-state index contributed by atoms with van der Waals surface area (Å²) in [5.41, 5.74) is 1.55. The number of aliphatic hydroxyl groups excluding tert-OH is 1. The Morgan fingerprint density at radius 1 is 1.30 bits per heavy atom. The predicted octanol–water partition coefficient (Wildman–Crippen LogP) is 4.87. The first kappa shape index (κ1) is 15.3. The Labute approximate surface area is 130 Å². The third kappa shape index (κ3) is 3.72. The van der Waals surface area contributed by atoms with Gasteiger partial charge in [0, 0.05) is 10.0 Å². The van der Waals surface area contributed by atoms with Crippen LogP contribution < -0.4 is 4.74 Å². The highest BCUT2D eigenvalue weighted by atomic mass is 79.9.